The molecule has 0 radical (unpaired) electrons. The Bertz CT molecular complexity index is 1140. The number of amides is 2. The summed E-state index contributed by atoms with van der Waals surface area (Å²) in [5, 5.41) is 2.45. The highest BCUT2D eigenvalue weighted by atomic mass is 32.1. The first-order valence-corrected chi connectivity index (χ1v) is 11.1. The molecule has 3 aromatic carbocycles. The number of hydrogen-bond donors (Lipinski definition) is 3. The number of hydrazine groups is 1. The second-order valence-electron chi connectivity index (χ2n) is 7.02. The van der Waals surface area contributed by atoms with Crippen molar-refractivity contribution in [2.24, 2.45) is 0 Å². The average Bonchev–Trinajstić information content (AvgIpc) is 2.89. The van der Waals surface area contributed by atoms with E-state index in [4.69, 9.17) is 26.4 Å². The molecule has 0 aromatic heterocycles. The maximum Gasteiger partial charge on any atom is 0.269 e. The fourth-order valence-electron chi connectivity index (χ4n) is 2.79. The van der Waals surface area contributed by atoms with E-state index < -0.39 is 11.8 Å². The highest BCUT2D eigenvalue weighted by molar-refractivity contribution is 7.80. The van der Waals surface area contributed by atoms with Gasteiger partial charge in [0.25, 0.3) is 11.8 Å². The van der Waals surface area contributed by atoms with Crippen molar-refractivity contribution < 1.29 is 23.8 Å². The molecule has 9 heteroatoms. The molecule has 2 amide bonds. The van der Waals surface area contributed by atoms with Crippen LogP contribution in [-0.2, 0) is 0 Å². The van der Waals surface area contributed by atoms with E-state index in [1.54, 1.807) is 54.6 Å². The smallest absolute Gasteiger partial charge is 0.269 e. The number of para-hydroxylation sites is 1. The Morgan fingerprint density at radius 1 is 0.714 bits per heavy atom. The topological polar surface area (TPSA) is 97.9 Å². The number of thiocarbonyl (C=S) groups is 1. The zero-order valence-electron chi connectivity index (χ0n) is 18.9. The van der Waals surface area contributed by atoms with Crippen LogP contribution in [0.2, 0.25) is 0 Å². The normalized spacial score (nSPS) is 9.94. The highest BCUT2D eigenvalue weighted by Gasteiger charge is 2.10. The van der Waals surface area contributed by atoms with Gasteiger partial charge in [0.15, 0.2) is 5.11 Å². The fraction of sp³-hybridized carbons (Fsp3) is 0.115. The van der Waals surface area contributed by atoms with Crippen LogP contribution in [0.15, 0.2) is 91.5 Å². The van der Waals surface area contributed by atoms with E-state index in [-0.39, 0.29) is 5.11 Å². The first-order chi connectivity index (χ1) is 17.0. The number of rotatable bonds is 10. The molecule has 0 fully saturated rings. The lowest BCUT2D eigenvalue weighted by atomic mass is 10.2. The molecule has 0 bridgehead atoms. The van der Waals surface area contributed by atoms with Crippen molar-refractivity contribution in [3.8, 4) is 17.2 Å². The van der Waals surface area contributed by atoms with Gasteiger partial charge in [-0.05, 0) is 72.9 Å². The summed E-state index contributed by atoms with van der Waals surface area (Å²) in [6.07, 6.45) is 1.63. The molecule has 0 aliphatic carbocycles. The van der Waals surface area contributed by atoms with Crippen LogP contribution >= 0.6 is 12.2 Å². The second kappa shape index (κ2) is 13.4. The van der Waals surface area contributed by atoms with E-state index in [9.17, 15) is 9.59 Å². The number of ether oxygens (including phenoxy) is 3. The third kappa shape index (κ3) is 8.49. The van der Waals surface area contributed by atoms with E-state index >= 15 is 0 Å². The van der Waals surface area contributed by atoms with Gasteiger partial charge in [0, 0.05) is 11.1 Å². The Morgan fingerprint density at radius 3 is 1.80 bits per heavy atom. The predicted octanol–water partition coefficient (Wildman–Crippen LogP) is 3.66. The van der Waals surface area contributed by atoms with Crippen LogP contribution in [0.3, 0.4) is 0 Å². The van der Waals surface area contributed by atoms with E-state index in [0.717, 1.165) is 5.75 Å². The molecule has 0 atom stereocenters. The Labute approximate surface area is 208 Å². The Balaban J connectivity index is 1.38. The molecule has 0 spiro atoms. The summed E-state index contributed by atoms with van der Waals surface area (Å²) in [6, 6.07) is 22.6. The summed E-state index contributed by atoms with van der Waals surface area (Å²) in [4.78, 5) is 24.6. The summed E-state index contributed by atoms with van der Waals surface area (Å²) in [7, 11) is 0. The maximum absolute atomic E-state index is 12.4. The zero-order chi connectivity index (χ0) is 24.9. The van der Waals surface area contributed by atoms with Crippen molar-refractivity contribution >= 4 is 29.1 Å². The molecule has 3 aromatic rings. The minimum Gasteiger partial charge on any atom is -0.490 e. The van der Waals surface area contributed by atoms with Crippen molar-refractivity contribution in [3.63, 3.8) is 0 Å². The predicted molar refractivity (Wildman–Crippen MR) is 137 cm³/mol. The van der Waals surface area contributed by atoms with Gasteiger partial charge in [0.2, 0.25) is 0 Å². The van der Waals surface area contributed by atoms with Crippen molar-refractivity contribution in [2.75, 3.05) is 19.8 Å². The van der Waals surface area contributed by atoms with E-state index in [0.29, 0.717) is 42.4 Å². The lowest BCUT2D eigenvalue weighted by Gasteiger charge is -2.12. The molecular weight excluding hydrogens is 466 g/mol. The van der Waals surface area contributed by atoms with Gasteiger partial charge in [0.1, 0.15) is 37.1 Å². The number of carbonyl (C=O) groups is 2. The van der Waals surface area contributed by atoms with E-state index in [1.807, 2.05) is 30.3 Å². The molecule has 0 heterocycles. The van der Waals surface area contributed by atoms with Gasteiger partial charge in [-0.15, -0.1) is 0 Å². The number of carbonyl (C=O) groups excluding carboxylic acids is 2. The Hall–Kier alpha value is -4.37. The van der Waals surface area contributed by atoms with Gasteiger partial charge in [-0.1, -0.05) is 30.9 Å². The largest absolute Gasteiger partial charge is 0.490 e. The minimum atomic E-state index is -0.431. The van der Waals surface area contributed by atoms with E-state index in [1.165, 1.54) is 0 Å². The molecular formula is C26H25N3O5S. The van der Waals surface area contributed by atoms with Crippen LogP contribution < -0.4 is 30.4 Å². The molecule has 3 rings (SSSR count). The highest BCUT2D eigenvalue weighted by Crippen LogP contribution is 2.13. The molecule has 35 heavy (non-hydrogen) atoms. The fourth-order valence-corrected chi connectivity index (χ4v) is 2.93. The molecule has 0 aliphatic heterocycles. The third-order valence-electron chi connectivity index (χ3n) is 4.48. The molecule has 180 valence electrons. The zero-order valence-corrected chi connectivity index (χ0v) is 19.7. The van der Waals surface area contributed by atoms with Gasteiger partial charge in [0.05, 0.1) is 0 Å². The van der Waals surface area contributed by atoms with Gasteiger partial charge in [-0.2, -0.15) is 0 Å². The summed E-state index contributed by atoms with van der Waals surface area (Å²) >= 11 is 5.08. The van der Waals surface area contributed by atoms with Crippen molar-refractivity contribution in [1.82, 2.24) is 16.2 Å². The van der Waals surface area contributed by atoms with Gasteiger partial charge in [-0.3, -0.25) is 25.8 Å². The number of benzene rings is 3. The summed E-state index contributed by atoms with van der Waals surface area (Å²) in [5.41, 5.74) is 5.71. The van der Waals surface area contributed by atoms with Crippen LogP contribution in [-0.4, -0.2) is 36.7 Å². The number of hydrogen-bond acceptors (Lipinski definition) is 6. The van der Waals surface area contributed by atoms with Crippen LogP contribution in [0.25, 0.3) is 0 Å². The van der Waals surface area contributed by atoms with Gasteiger partial charge in [-0.25, -0.2) is 0 Å². The first kappa shape index (κ1) is 25.3. The van der Waals surface area contributed by atoms with Gasteiger partial charge < -0.3 is 14.2 Å². The molecule has 3 N–H and O–H groups in total. The Morgan fingerprint density at radius 2 is 1.23 bits per heavy atom. The average molecular weight is 492 g/mol. The summed E-state index contributed by atoms with van der Waals surface area (Å²) in [6.45, 7) is 4.71. The molecule has 0 saturated carbocycles. The first-order valence-electron chi connectivity index (χ1n) is 10.7. The lowest BCUT2D eigenvalue weighted by Crippen LogP contribution is -2.48. The summed E-state index contributed by atoms with van der Waals surface area (Å²) < 4.78 is 16.6. The van der Waals surface area contributed by atoms with Crippen molar-refractivity contribution in [3.05, 3.63) is 103 Å². The molecule has 0 unspecified atom stereocenters. The molecule has 0 aliphatic rings. The molecule has 0 saturated heterocycles. The van der Waals surface area contributed by atoms with Crippen molar-refractivity contribution in [2.45, 2.75) is 0 Å². The van der Waals surface area contributed by atoms with E-state index in [2.05, 4.69) is 22.7 Å². The van der Waals surface area contributed by atoms with Crippen LogP contribution in [0.4, 0.5) is 0 Å². The number of nitrogens with one attached hydrogen (secondary N) is 3. The van der Waals surface area contributed by atoms with Crippen LogP contribution in [0.1, 0.15) is 20.7 Å². The van der Waals surface area contributed by atoms with Crippen LogP contribution in [0.5, 0.6) is 17.2 Å². The standard InChI is InChI=1S/C26H25N3O5S/c1-2-16-32-22-14-10-20(11-15-22)25(31)28-29-26(35)27-24(30)19-8-12-23(13-9-19)34-18-17-33-21-6-4-3-5-7-21/h2-15H,1,16-18H2,(H,28,31)(H2,27,29,30,35). The minimum absolute atomic E-state index is 0.0485. The quantitative estimate of drug-likeness (QED) is 0.172. The summed E-state index contributed by atoms with van der Waals surface area (Å²) in [5.74, 6) is 1.14. The SMILES string of the molecule is C=CCOc1ccc(C(=O)NNC(=S)NC(=O)c2ccc(OCCOc3ccccc3)cc2)cc1. The van der Waals surface area contributed by atoms with Gasteiger partial charge >= 0.3 is 0 Å². The van der Waals surface area contributed by atoms with Crippen molar-refractivity contribution in [1.29, 1.82) is 0 Å². The molecule has 8 nitrogen and oxygen atoms in total. The maximum atomic E-state index is 12.4. The lowest BCUT2D eigenvalue weighted by molar-refractivity contribution is 0.0934. The second-order valence-corrected chi connectivity index (χ2v) is 7.43. The van der Waals surface area contributed by atoms with Crippen LogP contribution in [0, 0.1) is 0 Å². The Kier molecular flexibility index (Phi) is 9.64. The third-order valence-corrected chi connectivity index (χ3v) is 4.69. The monoisotopic (exact) mass is 491 g/mol.